The van der Waals surface area contributed by atoms with E-state index in [0.29, 0.717) is 11.3 Å². The summed E-state index contributed by atoms with van der Waals surface area (Å²) >= 11 is 3.40. The summed E-state index contributed by atoms with van der Waals surface area (Å²) in [6.45, 7) is 0. The van der Waals surface area contributed by atoms with Gasteiger partial charge in [0.1, 0.15) is 11.3 Å². The number of ether oxygens (including phenoxy) is 1. The molecule has 4 nitrogen and oxygen atoms in total. The van der Waals surface area contributed by atoms with Crippen LogP contribution >= 0.6 is 23.1 Å². The number of hydrogen-bond donors (Lipinski definition) is 1. The van der Waals surface area contributed by atoms with Crippen LogP contribution in [0.25, 0.3) is 0 Å². The second-order valence-electron chi connectivity index (χ2n) is 4.40. The summed E-state index contributed by atoms with van der Waals surface area (Å²) in [6, 6.07) is 6.67. The van der Waals surface area contributed by atoms with Crippen molar-refractivity contribution in [3.63, 3.8) is 0 Å². The van der Waals surface area contributed by atoms with Crippen LogP contribution in [0.4, 0.5) is 0 Å². The Balaban J connectivity index is 1.86. The monoisotopic (exact) mass is 293 g/mol. The Morgan fingerprint density at radius 3 is 3.05 bits per heavy atom. The largest absolute Gasteiger partial charge is 0.497 e. The van der Waals surface area contributed by atoms with E-state index in [9.17, 15) is 0 Å². The number of hydrogen-bond acceptors (Lipinski definition) is 6. The Bertz CT molecular complexity index is 559. The Morgan fingerprint density at radius 2 is 2.37 bits per heavy atom. The Hall–Kier alpha value is -1.11. The highest BCUT2D eigenvalue weighted by molar-refractivity contribution is 8.01. The average Bonchev–Trinajstić information content (AvgIpc) is 3.05. The quantitative estimate of drug-likeness (QED) is 0.938. The maximum absolute atomic E-state index is 5.32. The van der Waals surface area contributed by atoms with Gasteiger partial charge in [0.25, 0.3) is 0 Å². The molecular formula is C13H15N3OS2. The van der Waals surface area contributed by atoms with Crippen molar-refractivity contribution in [2.45, 2.75) is 22.1 Å². The lowest BCUT2D eigenvalue weighted by atomic mass is 10.1. The summed E-state index contributed by atoms with van der Waals surface area (Å²) in [5.41, 5.74) is 4.51. The Kier molecular flexibility index (Phi) is 3.72. The molecule has 1 aliphatic rings. The molecule has 0 aliphatic heterocycles. The first-order chi connectivity index (χ1) is 9.31. The van der Waals surface area contributed by atoms with Crippen molar-refractivity contribution in [1.29, 1.82) is 0 Å². The Morgan fingerprint density at radius 1 is 1.47 bits per heavy atom. The molecule has 1 N–H and O–H groups in total. The number of aromatic nitrogens is 2. The summed E-state index contributed by atoms with van der Waals surface area (Å²) in [4.78, 5) is 0. The predicted octanol–water partition coefficient (Wildman–Crippen LogP) is 2.52. The van der Waals surface area contributed by atoms with Gasteiger partial charge in [-0.25, -0.2) is 0 Å². The third kappa shape index (κ3) is 2.48. The molecule has 0 amide bonds. The van der Waals surface area contributed by atoms with Gasteiger partial charge < -0.3 is 10.1 Å². The fourth-order valence-electron chi connectivity index (χ4n) is 2.51. The number of benzene rings is 1. The maximum Gasteiger partial charge on any atom is 0.174 e. The van der Waals surface area contributed by atoms with Crippen molar-refractivity contribution < 1.29 is 4.74 Å². The maximum atomic E-state index is 5.32. The lowest BCUT2D eigenvalue weighted by Crippen LogP contribution is -2.23. The summed E-state index contributed by atoms with van der Waals surface area (Å²) in [5.74, 6) is 0.917. The normalized spacial score (nSPS) is 21.4. The van der Waals surface area contributed by atoms with E-state index in [1.54, 1.807) is 35.7 Å². The second-order valence-corrected chi connectivity index (χ2v) is 6.72. The van der Waals surface area contributed by atoms with E-state index >= 15 is 0 Å². The van der Waals surface area contributed by atoms with E-state index < -0.39 is 0 Å². The van der Waals surface area contributed by atoms with Crippen molar-refractivity contribution in [2.75, 3.05) is 14.2 Å². The van der Waals surface area contributed by atoms with Crippen molar-refractivity contribution in [2.24, 2.45) is 0 Å². The number of nitrogens with zero attached hydrogens (tertiary/aromatic N) is 2. The molecule has 2 unspecified atom stereocenters. The average molecular weight is 293 g/mol. The highest BCUT2D eigenvalue weighted by atomic mass is 32.2. The fourth-order valence-corrected chi connectivity index (χ4v) is 4.54. The van der Waals surface area contributed by atoms with Crippen molar-refractivity contribution in [3.8, 4) is 5.75 Å². The fraction of sp³-hybridized carbons (Fsp3) is 0.385. The molecule has 1 aromatic carbocycles. The molecule has 0 fully saturated rings. The molecule has 0 radical (unpaired) electrons. The van der Waals surface area contributed by atoms with E-state index in [2.05, 4.69) is 27.6 Å². The van der Waals surface area contributed by atoms with E-state index in [-0.39, 0.29) is 0 Å². The molecule has 0 saturated carbocycles. The molecular weight excluding hydrogens is 278 g/mol. The molecule has 100 valence electrons. The predicted molar refractivity (Wildman–Crippen MR) is 78.1 cm³/mol. The first-order valence-corrected chi connectivity index (χ1v) is 7.84. The van der Waals surface area contributed by atoms with Gasteiger partial charge in [-0.3, -0.25) is 0 Å². The van der Waals surface area contributed by atoms with Gasteiger partial charge in [0.2, 0.25) is 0 Å². The Labute approximate surface area is 120 Å². The van der Waals surface area contributed by atoms with Crippen LogP contribution < -0.4 is 10.1 Å². The zero-order valence-corrected chi connectivity index (χ0v) is 12.4. The standard InChI is InChI=1S/C13H15N3OS2/c1-14-12-10-6-9(17-2)4-3-8(10)5-11(12)19-13-16-15-7-18-13/h3-4,6-7,11-12,14H,5H2,1-2H3. The molecule has 19 heavy (non-hydrogen) atoms. The van der Waals surface area contributed by atoms with Crippen LogP contribution in [0, 0.1) is 0 Å². The van der Waals surface area contributed by atoms with Gasteiger partial charge in [-0.1, -0.05) is 29.2 Å². The lowest BCUT2D eigenvalue weighted by Gasteiger charge is -2.18. The van der Waals surface area contributed by atoms with Crippen LogP contribution in [0.15, 0.2) is 28.0 Å². The third-order valence-corrected chi connectivity index (χ3v) is 5.47. The van der Waals surface area contributed by atoms with Gasteiger partial charge in [0, 0.05) is 11.3 Å². The molecule has 0 saturated heterocycles. The summed E-state index contributed by atoms with van der Waals surface area (Å²) in [5, 5.41) is 11.9. The number of rotatable bonds is 4. The smallest absolute Gasteiger partial charge is 0.174 e. The van der Waals surface area contributed by atoms with Gasteiger partial charge in [0.15, 0.2) is 4.34 Å². The number of fused-ring (bicyclic) bond motifs is 1. The number of thioether (sulfide) groups is 1. The van der Waals surface area contributed by atoms with Gasteiger partial charge >= 0.3 is 0 Å². The summed E-state index contributed by atoms with van der Waals surface area (Å²) in [6.07, 6.45) is 1.05. The van der Waals surface area contributed by atoms with Crippen molar-refractivity contribution >= 4 is 23.1 Å². The van der Waals surface area contributed by atoms with Gasteiger partial charge in [0.05, 0.1) is 7.11 Å². The van der Waals surface area contributed by atoms with E-state index in [0.717, 1.165) is 16.5 Å². The minimum absolute atomic E-state index is 0.332. The summed E-state index contributed by atoms with van der Waals surface area (Å²) in [7, 11) is 3.71. The minimum atomic E-state index is 0.332. The molecule has 2 aromatic rings. The zero-order valence-electron chi connectivity index (χ0n) is 10.8. The van der Waals surface area contributed by atoms with Gasteiger partial charge in [-0.2, -0.15) is 0 Å². The molecule has 2 atom stereocenters. The highest BCUT2D eigenvalue weighted by Crippen LogP contribution is 2.42. The topological polar surface area (TPSA) is 47.0 Å². The lowest BCUT2D eigenvalue weighted by molar-refractivity contribution is 0.413. The SMILES string of the molecule is CNC1c2cc(OC)ccc2CC1Sc1nncs1. The molecule has 3 rings (SSSR count). The van der Waals surface area contributed by atoms with Gasteiger partial charge in [-0.05, 0) is 36.7 Å². The highest BCUT2D eigenvalue weighted by Gasteiger charge is 2.33. The van der Waals surface area contributed by atoms with Crippen LogP contribution in [0.5, 0.6) is 5.75 Å². The van der Waals surface area contributed by atoms with E-state index in [1.165, 1.54) is 11.1 Å². The van der Waals surface area contributed by atoms with Crippen molar-refractivity contribution in [3.05, 3.63) is 34.8 Å². The van der Waals surface area contributed by atoms with Crippen LogP contribution in [0.2, 0.25) is 0 Å². The van der Waals surface area contributed by atoms with Gasteiger partial charge in [-0.15, -0.1) is 10.2 Å². The van der Waals surface area contributed by atoms with Crippen LogP contribution in [-0.4, -0.2) is 29.6 Å². The molecule has 1 aromatic heterocycles. The molecule has 6 heteroatoms. The molecule has 0 spiro atoms. The molecule has 1 aliphatic carbocycles. The third-order valence-electron chi connectivity index (χ3n) is 3.38. The zero-order chi connectivity index (χ0) is 13.2. The van der Waals surface area contributed by atoms with Crippen LogP contribution in [0.3, 0.4) is 0 Å². The number of nitrogens with one attached hydrogen (secondary N) is 1. The first kappa shape index (κ1) is 12.9. The summed E-state index contributed by atoms with van der Waals surface area (Å²) < 4.78 is 6.35. The van der Waals surface area contributed by atoms with Crippen LogP contribution in [0.1, 0.15) is 17.2 Å². The second kappa shape index (κ2) is 5.48. The van der Waals surface area contributed by atoms with E-state index in [1.807, 2.05) is 13.1 Å². The van der Waals surface area contributed by atoms with E-state index in [4.69, 9.17) is 4.74 Å². The minimum Gasteiger partial charge on any atom is -0.497 e. The molecule has 0 bridgehead atoms. The van der Waals surface area contributed by atoms with Crippen LogP contribution in [-0.2, 0) is 6.42 Å². The molecule has 1 heterocycles. The first-order valence-electron chi connectivity index (χ1n) is 6.08. The number of methoxy groups -OCH3 is 1. The van der Waals surface area contributed by atoms with Crippen molar-refractivity contribution in [1.82, 2.24) is 15.5 Å².